The molecule has 0 saturated carbocycles. The van der Waals surface area contributed by atoms with Gasteiger partial charge in [0, 0.05) is 17.3 Å². The molecule has 0 spiro atoms. The number of carbonyl (C=O) groups excluding carboxylic acids is 3. The van der Waals surface area contributed by atoms with Crippen LogP contribution < -0.4 is 0 Å². The molecule has 0 atom stereocenters. The minimum atomic E-state index is -0.430. The number of hydrogen-bond donors (Lipinski definition) is 0. The first-order chi connectivity index (χ1) is 9.02. The van der Waals surface area contributed by atoms with Crippen molar-refractivity contribution >= 4 is 33.7 Å². The van der Waals surface area contributed by atoms with E-state index in [1.165, 1.54) is 12.0 Å². The third kappa shape index (κ3) is 2.84. The van der Waals surface area contributed by atoms with Crippen molar-refractivity contribution in [2.24, 2.45) is 0 Å². The standard InChI is InChI=1S/C13H12BrNO4/c1-19-13(18)8-2-3-9(10(14)6-8)7-15-11(16)4-5-12(15)17/h2-3,6H,4-5,7H2,1H3. The molecule has 1 aromatic carbocycles. The van der Waals surface area contributed by atoms with Gasteiger partial charge in [-0.15, -0.1) is 0 Å². The first kappa shape index (κ1) is 13.7. The average Bonchev–Trinajstić information content (AvgIpc) is 2.71. The molecule has 1 fully saturated rings. The molecule has 6 heteroatoms. The summed E-state index contributed by atoms with van der Waals surface area (Å²) < 4.78 is 5.29. The molecule has 100 valence electrons. The Labute approximate surface area is 118 Å². The quantitative estimate of drug-likeness (QED) is 0.628. The minimum absolute atomic E-state index is 0.158. The van der Waals surface area contributed by atoms with Gasteiger partial charge in [0.25, 0.3) is 0 Å². The summed E-state index contributed by atoms with van der Waals surface area (Å²) in [5.41, 5.74) is 1.19. The summed E-state index contributed by atoms with van der Waals surface area (Å²) >= 11 is 3.33. The molecule has 19 heavy (non-hydrogen) atoms. The number of ether oxygens (including phenoxy) is 1. The van der Waals surface area contributed by atoms with Crippen LogP contribution in [0.5, 0.6) is 0 Å². The van der Waals surface area contributed by atoms with Crippen LogP contribution in [0.4, 0.5) is 0 Å². The first-order valence-electron chi connectivity index (χ1n) is 5.73. The Morgan fingerprint density at radius 1 is 1.32 bits per heavy atom. The van der Waals surface area contributed by atoms with Crippen LogP contribution in [0.25, 0.3) is 0 Å². The first-order valence-corrected chi connectivity index (χ1v) is 6.52. The zero-order chi connectivity index (χ0) is 14.0. The fourth-order valence-corrected chi connectivity index (χ4v) is 2.39. The molecule has 5 nitrogen and oxygen atoms in total. The lowest BCUT2D eigenvalue weighted by molar-refractivity contribution is -0.139. The molecule has 0 aliphatic carbocycles. The third-order valence-corrected chi connectivity index (χ3v) is 3.70. The second-order valence-electron chi connectivity index (χ2n) is 4.17. The topological polar surface area (TPSA) is 63.7 Å². The van der Waals surface area contributed by atoms with E-state index in [0.29, 0.717) is 10.0 Å². The number of nitrogens with zero attached hydrogens (tertiary/aromatic N) is 1. The van der Waals surface area contributed by atoms with Gasteiger partial charge in [-0.1, -0.05) is 22.0 Å². The Kier molecular flexibility index (Phi) is 3.99. The van der Waals surface area contributed by atoms with Crippen LogP contribution in [0, 0.1) is 0 Å². The van der Waals surface area contributed by atoms with Crippen molar-refractivity contribution in [1.82, 2.24) is 4.90 Å². The number of methoxy groups -OCH3 is 1. The minimum Gasteiger partial charge on any atom is -0.465 e. The zero-order valence-electron chi connectivity index (χ0n) is 10.3. The van der Waals surface area contributed by atoms with Crippen molar-refractivity contribution in [2.75, 3.05) is 7.11 Å². The Morgan fingerprint density at radius 3 is 2.47 bits per heavy atom. The van der Waals surface area contributed by atoms with Gasteiger partial charge in [0.05, 0.1) is 19.2 Å². The number of hydrogen-bond acceptors (Lipinski definition) is 4. The van der Waals surface area contributed by atoms with Gasteiger partial charge in [0.1, 0.15) is 0 Å². The fraction of sp³-hybridized carbons (Fsp3) is 0.308. The van der Waals surface area contributed by atoms with Crippen LogP contribution in [-0.2, 0) is 20.9 Å². The molecular weight excluding hydrogens is 314 g/mol. The second kappa shape index (κ2) is 5.52. The molecule has 0 radical (unpaired) electrons. The predicted molar refractivity (Wildman–Crippen MR) is 70.3 cm³/mol. The number of rotatable bonds is 3. The number of likely N-dealkylation sites (tertiary alicyclic amines) is 1. The summed E-state index contributed by atoms with van der Waals surface area (Å²) in [5, 5.41) is 0. The molecule has 1 aliphatic rings. The van der Waals surface area contributed by atoms with E-state index in [1.54, 1.807) is 18.2 Å². The summed E-state index contributed by atoms with van der Waals surface area (Å²) in [4.78, 5) is 35.7. The lowest BCUT2D eigenvalue weighted by Crippen LogP contribution is -2.28. The van der Waals surface area contributed by atoms with Gasteiger partial charge < -0.3 is 4.74 Å². The maximum Gasteiger partial charge on any atom is 0.337 e. The molecule has 1 heterocycles. The summed E-state index contributed by atoms with van der Waals surface area (Å²) in [6.07, 6.45) is 0.549. The lowest BCUT2D eigenvalue weighted by Gasteiger charge is -2.15. The van der Waals surface area contributed by atoms with Crippen molar-refractivity contribution in [3.8, 4) is 0 Å². The van der Waals surface area contributed by atoms with Gasteiger partial charge in [0.2, 0.25) is 11.8 Å². The van der Waals surface area contributed by atoms with Gasteiger partial charge in [-0.2, -0.15) is 0 Å². The number of amides is 2. The van der Waals surface area contributed by atoms with Crippen LogP contribution in [0.15, 0.2) is 22.7 Å². The molecule has 2 rings (SSSR count). The highest BCUT2D eigenvalue weighted by molar-refractivity contribution is 9.10. The highest BCUT2D eigenvalue weighted by Crippen LogP contribution is 2.23. The number of benzene rings is 1. The van der Waals surface area contributed by atoms with Crippen LogP contribution in [0.3, 0.4) is 0 Å². The largest absolute Gasteiger partial charge is 0.465 e. The van der Waals surface area contributed by atoms with Crippen molar-refractivity contribution in [3.63, 3.8) is 0 Å². The molecule has 1 aromatic rings. The number of esters is 1. The summed E-state index contributed by atoms with van der Waals surface area (Å²) in [6, 6.07) is 4.93. The van der Waals surface area contributed by atoms with Crippen molar-refractivity contribution in [3.05, 3.63) is 33.8 Å². The molecule has 1 saturated heterocycles. The monoisotopic (exact) mass is 325 g/mol. The van der Waals surface area contributed by atoms with Gasteiger partial charge in [-0.3, -0.25) is 14.5 Å². The molecule has 0 aromatic heterocycles. The van der Waals surface area contributed by atoms with Crippen LogP contribution >= 0.6 is 15.9 Å². The van der Waals surface area contributed by atoms with E-state index in [2.05, 4.69) is 20.7 Å². The van der Waals surface area contributed by atoms with Gasteiger partial charge in [0.15, 0.2) is 0 Å². The molecule has 0 N–H and O–H groups in total. The molecule has 0 unspecified atom stereocenters. The molecule has 2 amide bonds. The summed E-state index contributed by atoms with van der Waals surface area (Å²) in [6.45, 7) is 0.222. The highest BCUT2D eigenvalue weighted by Gasteiger charge is 2.29. The van der Waals surface area contributed by atoms with Gasteiger partial charge in [-0.25, -0.2) is 4.79 Å². The summed E-state index contributed by atoms with van der Waals surface area (Å²) in [5.74, 6) is -0.747. The van der Waals surface area contributed by atoms with E-state index < -0.39 is 5.97 Å². The van der Waals surface area contributed by atoms with Gasteiger partial charge >= 0.3 is 5.97 Å². The summed E-state index contributed by atoms with van der Waals surface area (Å²) in [7, 11) is 1.31. The van der Waals surface area contributed by atoms with E-state index in [9.17, 15) is 14.4 Å². The molecule has 1 aliphatic heterocycles. The number of halogens is 1. The van der Waals surface area contributed by atoms with Gasteiger partial charge in [-0.05, 0) is 17.7 Å². The van der Waals surface area contributed by atoms with Crippen molar-refractivity contribution in [2.45, 2.75) is 19.4 Å². The van der Waals surface area contributed by atoms with E-state index in [0.717, 1.165) is 5.56 Å². The molecular formula is C13H12BrNO4. The van der Waals surface area contributed by atoms with Crippen LogP contribution in [0.2, 0.25) is 0 Å². The SMILES string of the molecule is COC(=O)c1ccc(CN2C(=O)CCC2=O)c(Br)c1. The van der Waals surface area contributed by atoms with Crippen molar-refractivity contribution < 1.29 is 19.1 Å². The second-order valence-corrected chi connectivity index (χ2v) is 5.03. The molecule has 0 bridgehead atoms. The Balaban J connectivity index is 2.20. The third-order valence-electron chi connectivity index (χ3n) is 2.96. The van der Waals surface area contributed by atoms with Crippen LogP contribution in [0.1, 0.15) is 28.8 Å². The Hall–Kier alpha value is -1.69. The fourth-order valence-electron chi connectivity index (χ4n) is 1.89. The van der Waals surface area contributed by atoms with E-state index >= 15 is 0 Å². The predicted octanol–water partition coefficient (Wildman–Crippen LogP) is 1.88. The Bertz CT molecular complexity index is 540. The smallest absolute Gasteiger partial charge is 0.337 e. The number of carbonyl (C=O) groups is 3. The maximum atomic E-state index is 11.5. The van der Waals surface area contributed by atoms with Crippen molar-refractivity contribution in [1.29, 1.82) is 0 Å². The average molecular weight is 326 g/mol. The number of imide groups is 1. The van der Waals surface area contributed by atoms with E-state index in [-0.39, 0.29) is 31.2 Å². The van der Waals surface area contributed by atoms with E-state index in [4.69, 9.17) is 0 Å². The van der Waals surface area contributed by atoms with E-state index in [1.807, 2.05) is 0 Å². The lowest BCUT2D eigenvalue weighted by atomic mass is 10.1. The van der Waals surface area contributed by atoms with Crippen LogP contribution in [-0.4, -0.2) is 29.8 Å². The Morgan fingerprint density at radius 2 is 1.95 bits per heavy atom. The normalized spacial score (nSPS) is 14.9. The highest BCUT2D eigenvalue weighted by atomic mass is 79.9. The zero-order valence-corrected chi connectivity index (χ0v) is 11.9. The maximum absolute atomic E-state index is 11.5.